The van der Waals surface area contributed by atoms with E-state index in [1.54, 1.807) is 6.07 Å². The highest BCUT2D eigenvalue weighted by atomic mass is 16.5. The highest BCUT2D eigenvalue weighted by Crippen LogP contribution is 2.22. The largest absolute Gasteiger partial charge is 0.508 e. The van der Waals surface area contributed by atoms with Crippen molar-refractivity contribution < 1.29 is 14.4 Å². The Labute approximate surface area is 73.8 Å². The molecule has 0 atom stereocenters. The Kier molecular flexibility index (Phi) is 1.55. The molecule has 4 heteroatoms. The van der Waals surface area contributed by atoms with Crippen LogP contribution in [0.2, 0.25) is 0 Å². The number of carbonyl (C=O) groups is 1. The number of ketones is 1. The molecule has 0 saturated carbocycles. The van der Waals surface area contributed by atoms with Gasteiger partial charge in [-0.3, -0.25) is 4.79 Å². The van der Waals surface area contributed by atoms with Gasteiger partial charge in [0.05, 0.1) is 5.39 Å². The second-order valence-electron chi connectivity index (χ2n) is 2.77. The van der Waals surface area contributed by atoms with Crippen molar-refractivity contribution in [2.24, 2.45) is 0 Å². The molecular weight excluding hydrogens is 170 g/mol. The van der Waals surface area contributed by atoms with Gasteiger partial charge in [0, 0.05) is 13.0 Å². The third-order valence-corrected chi connectivity index (χ3v) is 1.78. The Morgan fingerprint density at radius 1 is 1.54 bits per heavy atom. The number of aromatic hydroxyl groups is 1. The van der Waals surface area contributed by atoms with Crippen molar-refractivity contribution in [3.05, 3.63) is 24.0 Å². The zero-order valence-corrected chi connectivity index (χ0v) is 6.94. The van der Waals surface area contributed by atoms with Crippen LogP contribution in [0, 0.1) is 0 Å². The summed E-state index contributed by atoms with van der Waals surface area (Å²) in [6.45, 7) is 1.41. The fourth-order valence-corrected chi connectivity index (χ4v) is 1.19. The molecule has 0 bridgehead atoms. The second-order valence-corrected chi connectivity index (χ2v) is 2.77. The maximum Gasteiger partial charge on any atom is 0.209 e. The third-order valence-electron chi connectivity index (χ3n) is 1.78. The predicted molar refractivity (Wildman–Crippen MR) is 45.7 cm³/mol. The summed E-state index contributed by atoms with van der Waals surface area (Å²) < 4.78 is 4.82. The van der Waals surface area contributed by atoms with Crippen molar-refractivity contribution >= 4 is 16.7 Å². The number of fused-ring (bicyclic) bond motifs is 1. The summed E-state index contributed by atoms with van der Waals surface area (Å²) in [4.78, 5) is 11.0. The van der Waals surface area contributed by atoms with Crippen molar-refractivity contribution in [3.63, 3.8) is 0 Å². The minimum Gasteiger partial charge on any atom is -0.508 e. The van der Waals surface area contributed by atoms with Gasteiger partial charge in [0.25, 0.3) is 0 Å². The van der Waals surface area contributed by atoms with Crippen molar-refractivity contribution in [2.75, 3.05) is 0 Å². The predicted octanol–water partition coefficient (Wildman–Crippen LogP) is 1.74. The lowest BCUT2D eigenvalue weighted by atomic mass is 10.2. The summed E-state index contributed by atoms with van der Waals surface area (Å²) in [5, 5.41) is 13.4. The van der Waals surface area contributed by atoms with E-state index in [1.807, 2.05) is 0 Å². The number of rotatable bonds is 1. The molecular formula is C9H7NO3. The number of hydrogen-bond acceptors (Lipinski definition) is 4. The molecule has 0 fully saturated rings. The van der Waals surface area contributed by atoms with Gasteiger partial charge in [0.15, 0.2) is 5.78 Å². The molecule has 0 unspecified atom stereocenters. The van der Waals surface area contributed by atoms with E-state index >= 15 is 0 Å². The molecule has 0 aliphatic rings. The minimum absolute atomic E-state index is 0.107. The SMILES string of the molecule is CC(=O)c1onc2cc(O)ccc12. The number of benzene rings is 1. The van der Waals surface area contributed by atoms with Crippen molar-refractivity contribution in [1.82, 2.24) is 5.16 Å². The summed E-state index contributed by atoms with van der Waals surface area (Å²) in [6, 6.07) is 4.55. The number of nitrogens with zero attached hydrogens (tertiary/aromatic N) is 1. The average molecular weight is 177 g/mol. The number of hydrogen-bond donors (Lipinski definition) is 1. The summed E-state index contributed by atoms with van der Waals surface area (Å²) >= 11 is 0. The molecule has 66 valence electrons. The van der Waals surface area contributed by atoms with E-state index in [0.29, 0.717) is 10.9 Å². The van der Waals surface area contributed by atoms with Crippen LogP contribution in [-0.4, -0.2) is 16.0 Å². The summed E-state index contributed by atoms with van der Waals surface area (Å²) in [5.41, 5.74) is 0.491. The van der Waals surface area contributed by atoms with Gasteiger partial charge in [-0.1, -0.05) is 5.16 Å². The van der Waals surface area contributed by atoms with Crippen molar-refractivity contribution in [2.45, 2.75) is 6.92 Å². The van der Waals surface area contributed by atoms with Crippen molar-refractivity contribution in [3.8, 4) is 5.75 Å². The first-order valence-electron chi connectivity index (χ1n) is 3.78. The molecule has 0 aliphatic heterocycles. The zero-order chi connectivity index (χ0) is 9.42. The highest BCUT2D eigenvalue weighted by molar-refractivity contribution is 6.03. The van der Waals surface area contributed by atoms with Crippen molar-refractivity contribution in [1.29, 1.82) is 0 Å². The molecule has 2 aromatic rings. The van der Waals surface area contributed by atoms with E-state index in [9.17, 15) is 4.79 Å². The average Bonchev–Trinajstić information content (AvgIpc) is 2.46. The molecule has 1 N–H and O–H groups in total. The van der Waals surface area contributed by atoms with E-state index in [0.717, 1.165) is 0 Å². The van der Waals surface area contributed by atoms with Crippen LogP contribution in [0.4, 0.5) is 0 Å². The van der Waals surface area contributed by atoms with Gasteiger partial charge < -0.3 is 9.63 Å². The molecule has 0 radical (unpaired) electrons. The molecule has 1 aromatic heterocycles. The quantitative estimate of drug-likeness (QED) is 0.674. The number of phenols is 1. The topological polar surface area (TPSA) is 63.3 Å². The number of aromatic nitrogens is 1. The Bertz CT molecular complexity index is 473. The summed E-state index contributed by atoms with van der Waals surface area (Å²) in [5.74, 6) is 0.166. The van der Waals surface area contributed by atoms with Gasteiger partial charge in [-0.15, -0.1) is 0 Å². The van der Waals surface area contributed by atoms with E-state index in [1.165, 1.54) is 19.1 Å². The fourth-order valence-electron chi connectivity index (χ4n) is 1.19. The summed E-state index contributed by atoms with van der Waals surface area (Å²) in [6.07, 6.45) is 0. The molecule has 0 amide bonds. The molecule has 0 aliphatic carbocycles. The van der Waals surface area contributed by atoms with Crippen LogP contribution in [0.15, 0.2) is 22.7 Å². The Morgan fingerprint density at radius 3 is 3.00 bits per heavy atom. The lowest BCUT2D eigenvalue weighted by Crippen LogP contribution is -1.88. The lowest BCUT2D eigenvalue weighted by Gasteiger charge is -1.89. The zero-order valence-electron chi connectivity index (χ0n) is 6.94. The highest BCUT2D eigenvalue weighted by Gasteiger charge is 2.12. The molecule has 0 spiro atoms. The van der Waals surface area contributed by atoms with Crippen LogP contribution < -0.4 is 0 Å². The van der Waals surface area contributed by atoms with Gasteiger partial charge >= 0.3 is 0 Å². The van der Waals surface area contributed by atoms with Gasteiger partial charge in [-0.25, -0.2) is 0 Å². The standard InChI is InChI=1S/C9H7NO3/c1-5(11)9-7-3-2-6(12)4-8(7)10-13-9/h2-4,12H,1H3. The van der Waals surface area contributed by atoms with Crippen LogP contribution in [-0.2, 0) is 0 Å². The number of Topliss-reactive ketones (excluding diaryl/α,β-unsaturated/α-hetero) is 1. The van der Waals surface area contributed by atoms with Gasteiger partial charge in [-0.2, -0.15) is 0 Å². The van der Waals surface area contributed by atoms with Gasteiger partial charge in [-0.05, 0) is 12.1 Å². The van der Waals surface area contributed by atoms with Gasteiger partial charge in [0.1, 0.15) is 11.3 Å². The van der Waals surface area contributed by atoms with Crippen LogP contribution in [0.5, 0.6) is 5.75 Å². The minimum atomic E-state index is -0.173. The van der Waals surface area contributed by atoms with E-state index < -0.39 is 0 Å². The van der Waals surface area contributed by atoms with Gasteiger partial charge in [0.2, 0.25) is 5.76 Å². The van der Waals surface area contributed by atoms with E-state index in [4.69, 9.17) is 9.63 Å². The second kappa shape index (κ2) is 2.58. The molecule has 13 heavy (non-hydrogen) atoms. The Hall–Kier alpha value is -1.84. The summed E-state index contributed by atoms with van der Waals surface area (Å²) in [7, 11) is 0. The maximum absolute atomic E-state index is 11.0. The monoisotopic (exact) mass is 177 g/mol. The molecule has 0 saturated heterocycles. The van der Waals surface area contributed by atoms with Crippen LogP contribution in [0.25, 0.3) is 10.9 Å². The molecule has 2 rings (SSSR count). The number of carbonyl (C=O) groups excluding carboxylic acids is 1. The number of phenolic OH excluding ortho intramolecular Hbond substituents is 1. The smallest absolute Gasteiger partial charge is 0.209 e. The van der Waals surface area contributed by atoms with Crippen LogP contribution >= 0.6 is 0 Å². The normalized spacial score (nSPS) is 10.5. The van der Waals surface area contributed by atoms with E-state index in [2.05, 4.69) is 5.16 Å². The third kappa shape index (κ3) is 1.16. The first-order valence-corrected chi connectivity index (χ1v) is 3.78. The molecule has 1 heterocycles. The Balaban J connectivity index is 2.76. The maximum atomic E-state index is 11.0. The Morgan fingerprint density at radius 2 is 2.31 bits per heavy atom. The molecule has 4 nitrogen and oxygen atoms in total. The lowest BCUT2D eigenvalue weighted by molar-refractivity contribution is 0.0981. The van der Waals surface area contributed by atoms with Crippen LogP contribution in [0.1, 0.15) is 17.5 Å². The van der Waals surface area contributed by atoms with Crippen LogP contribution in [0.3, 0.4) is 0 Å². The molecule has 1 aromatic carbocycles. The first-order chi connectivity index (χ1) is 6.18. The first kappa shape index (κ1) is 7.79. The fraction of sp³-hybridized carbons (Fsp3) is 0.111. The van der Waals surface area contributed by atoms with E-state index in [-0.39, 0.29) is 17.3 Å².